The van der Waals surface area contributed by atoms with Gasteiger partial charge in [0.25, 0.3) is 5.19 Å². The monoisotopic (exact) mass is 201 g/mol. The van der Waals surface area contributed by atoms with Crippen LogP contribution >= 0.6 is 11.3 Å². The van der Waals surface area contributed by atoms with Gasteiger partial charge in [-0.2, -0.15) is 4.98 Å². The van der Waals surface area contributed by atoms with Crippen LogP contribution in [0.15, 0.2) is 5.38 Å². The highest BCUT2D eigenvalue weighted by Gasteiger charge is 2.09. The summed E-state index contributed by atoms with van der Waals surface area (Å²) in [5, 5.41) is 10.5. The van der Waals surface area contributed by atoms with E-state index in [4.69, 9.17) is 9.84 Å². The van der Waals surface area contributed by atoms with Crippen LogP contribution in [0.2, 0.25) is 0 Å². The third kappa shape index (κ3) is 3.02. The van der Waals surface area contributed by atoms with Gasteiger partial charge >= 0.3 is 5.97 Å². The summed E-state index contributed by atoms with van der Waals surface area (Å²) in [5.74, 6) is -0.604. The molecular formula is C8H11NO3S. The smallest absolute Gasteiger partial charge is 0.355 e. The van der Waals surface area contributed by atoms with Crippen LogP contribution in [0.25, 0.3) is 0 Å². The van der Waals surface area contributed by atoms with Gasteiger partial charge in [-0.3, -0.25) is 0 Å². The fourth-order valence-electron chi connectivity index (χ4n) is 0.660. The number of aromatic nitrogens is 1. The van der Waals surface area contributed by atoms with E-state index in [9.17, 15) is 4.79 Å². The largest absolute Gasteiger partial charge is 0.476 e. The first-order chi connectivity index (χ1) is 6.09. The number of aromatic carboxylic acids is 1. The number of ether oxygens (including phenoxy) is 1. The number of rotatable bonds is 4. The minimum Gasteiger partial charge on any atom is -0.476 e. The molecule has 1 aromatic rings. The summed E-state index contributed by atoms with van der Waals surface area (Å²) in [6, 6.07) is 0. The van der Waals surface area contributed by atoms with Crippen LogP contribution in [-0.2, 0) is 0 Å². The molecule has 0 aliphatic carbocycles. The Morgan fingerprint density at radius 1 is 1.77 bits per heavy atom. The van der Waals surface area contributed by atoms with Crippen molar-refractivity contribution in [2.45, 2.75) is 13.8 Å². The first-order valence-corrected chi connectivity index (χ1v) is 4.79. The fourth-order valence-corrected chi connectivity index (χ4v) is 1.31. The SMILES string of the molecule is CC(C)COc1nc(C(=O)O)cs1. The maximum Gasteiger partial charge on any atom is 0.355 e. The molecule has 0 bridgehead atoms. The second kappa shape index (κ2) is 4.23. The number of carboxylic acid groups (broad SMARTS) is 1. The minimum atomic E-state index is -1.02. The molecule has 0 fully saturated rings. The number of nitrogens with zero attached hydrogens (tertiary/aromatic N) is 1. The third-order valence-corrected chi connectivity index (χ3v) is 1.99. The summed E-state index contributed by atoms with van der Waals surface area (Å²) in [5.41, 5.74) is 0.0451. The lowest BCUT2D eigenvalue weighted by molar-refractivity contribution is 0.0690. The lowest BCUT2D eigenvalue weighted by Crippen LogP contribution is -2.04. The van der Waals surface area contributed by atoms with E-state index >= 15 is 0 Å². The molecule has 72 valence electrons. The molecule has 0 saturated carbocycles. The second-order valence-electron chi connectivity index (χ2n) is 3.01. The molecule has 0 amide bonds. The van der Waals surface area contributed by atoms with Crippen molar-refractivity contribution in [2.75, 3.05) is 6.61 Å². The zero-order valence-corrected chi connectivity index (χ0v) is 8.30. The zero-order chi connectivity index (χ0) is 9.84. The zero-order valence-electron chi connectivity index (χ0n) is 7.48. The van der Waals surface area contributed by atoms with Crippen LogP contribution in [0.4, 0.5) is 0 Å². The van der Waals surface area contributed by atoms with Gasteiger partial charge in [0.05, 0.1) is 6.61 Å². The Morgan fingerprint density at radius 2 is 2.46 bits per heavy atom. The predicted octanol–water partition coefficient (Wildman–Crippen LogP) is 1.88. The van der Waals surface area contributed by atoms with Crippen molar-refractivity contribution in [1.29, 1.82) is 0 Å². The number of thiazole rings is 1. The number of carboxylic acids is 1. The van der Waals surface area contributed by atoms with Crippen LogP contribution in [0.5, 0.6) is 5.19 Å². The average Bonchev–Trinajstić information content (AvgIpc) is 2.48. The quantitative estimate of drug-likeness (QED) is 0.808. The Balaban J connectivity index is 2.54. The van der Waals surface area contributed by atoms with Gasteiger partial charge in [0.2, 0.25) is 0 Å². The molecule has 1 N–H and O–H groups in total. The lowest BCUT2D eigenvalue weighted by atomic mass is 10.2. The Bertz CT molecular complexity index is 295. The molecule has 0 aliphatic rings. The maximum atomic E-state index is 10.4. The topological polar surface area (TPSA) is 59.4 Å². The Hall–Kier alpha value is -1.10. The van der Waals surface area contributed by atoms with Crippen LogP contribution in [-0.4, -0.2) is 22.7 Å². The molecule has 0 saturated heterocycles. The van der Waals surface area contributed by atoms with E-state index in [0.717, 1.165) is 0 Å². The number of hydrogen-bond donors (Lipinski definition) is 1. The normalized spacial score (nSPS) is 10.4. The van der Waals surface area contributed by atoms with Gasteiger partial charge in [-0.05, 0) is 5.92 Å². The molecule has 0 atom stereocenters. The van der Waals surface area contributed by atoms with Gasteiger partial charge in [0.1, 0.15) is 0 Å². The predicted molar refractivity (Wildman–Crippen MR) is 49.4 cm³/mol. The molecule has 0 aliphatic heterocycles. The van der Waals surface area contributed by atoms with Gasteiger partial charge in [-0.1, -0.05) is 25.2 Å². The van der Waals surface area contributed by atoms with Gasteiger partial charge in [-0.25, -0.2) is 4.79 Å². The molecule has 13 heavy (non-hydrogen) atoms. The van der Waals surface area contributed by atoms with Crippen molar-refractivity contribution in [3.05, 3.63) is 11.1 Å². The molecule has 0 unspecified atom stereocenters. The summed E-state index contributed by atoms with van der Waals surface area (Å²) in [6.07, 6.45) is 0. The van der Waals surface area contributed by atoms with Gasteiger partial charge in [0, 0.05) is 5.38 Å². The van der Waals surface area contributed by atoms with E-state index < -0.39 is 5.97 Å². The van der Waals surface area contributed by atoms with Crippen molar-refractivity contribution in [2.24, 2.45) is 5.92 Å². The van der Waals surface area contributed by atoms with Crippen LogP contribution in [0, 0.1) is 5.92 Å². The van der Waals surface area contributed by atoms with Crippen LogP contribution < -0.4 is 4.74 Å². The van der Waals surface area contributed by atoms with E-state index in [2.05, 4.69) is 4.98 Å². The standard InChI is InChI=1S/C8H11NO3S/c1-5(2)3-12-8-9-6(4-13-8)7(10)11/h4-5H,3H2,1-2H3,(H,10,11). The van der Waals surface area contributed by atoms with Gasteiger partial charge in [0.15, 0.2) is 5.69 Å². The van der Waals surface area contributed by atoms with Crippen molar-refractivity contribution in [3.63, 3.8) is 0 Å². The van der Waals surface area contributed by atoms with Crippen molar-refractivity contribution >= 4 is 17.3 Å². The fraction of sp³-hybridized carbons (Fsp3) is 0.500. The average molecular weight is 201 g/mol. The lowest BCUT2D eigenvalue weighted by Gasteiger charge is -2.03. The van der Waals surface area contributed by atoms with E-state index in [1.807, 2.05) is 13.8 Å². The van der Waals surface area contributed by atoms with Gasteiger partial charge in [-0.15, -0.1) is 0 Å². The molecule has 0 radical (unpaired) electrons. The van der Waals surface area contributed by atoms with E-state index in [-0.39, 0.29) is 5.69 Å². The Labute approximate surface area is 80.2 Å². The first-order valence-electron chi connectivity index (χ1n) is 3.91. The summed E-state index contributed by atoms with van der Waals surface area (Å²) < 4.78 is 5.24. The highest BCUT2D eigenvalue weighted by atomic mass is 32.1. The van der Waals surface area contributed by atoms with E-state index in [1.165, 1.54) is 16.7 Å². The summed E-state index contributed by atoms with van der Waals surface area (Å²) in [7, 11) is 0. The second-order valence-corrected chi connectivity index (χ2v) is 3.83. The minimum absolute atomic E-state index is 0.0451. The van der Waals surface area contributed by atoms with Gasteiger partial charge < -0.3 is 9.84 Å². The molecule has 1 aromatic heterocycles. The highest BCUT2D eigenvalue weighted by Crippen LogP contribution is 2.18. The van der Waals surface area contributed by atoms with Crippen molar-refractivity contribution < 1.29 is 14.6 Å². The number of hydrogen-bond acceptors (Lipinski definition) is 4. The molecule has 4 nitrogen and oxygen atoms in total. The van der Waals surface area contributed by atoms with Crippen molar-refractivity contribution in [3.8, 4) is 5.19 Å². The van der Waals surface area contributed by atoms with Crippen LogP contribution in [0.1, 0.15) is 24.3 Å². The van der Waals surface area contributed by atoms with Crippen LogP contribution in [0.3, 0.4) is 0 Å². The van der Waals surface area contributed by atoms with E-state index in [0.29, 0.717) is 17.7 Å². The first kappa shape index (κ1) is 9.98. The van der Waals surface area contributed by atoms with Crippen molar-refractivity contribution in [1.82, 2.24) is 4.98 Å². The molecule has 0 spiro atoms. The number of carbonyl (C=O) groups is 1. The molecule has 1 heterocycles. The molecule has 0 aromatic carbocycles. The summed E-state index contributed by atoms with van der Waals surface area (Å²) >= 11 is 1.21. The third-order valence-electron chi connectivity index (χ3n) is 1.24. The highest BCUT2D eigenvalue weighted by molar-refractivity contribution is 7.11. The Morgan fingerprint density at radius 3 is 2.92 bits per heavy atom. The van der Waals surface area contributed by atoms with E-state index in [1.54, 1.807) is 0 Å². The molecule has 5 heteroatoms. The Kier molecular flexibility index (Phi) is 3.25. The molecular weight excluding hydrogens is 190 g/mol. The maximum absolute atomic E-state index is 10.4. The molecule has 1 rings (SSSR count). The summed E-state index contributed by atoms with van der Waals surface area (Å²) in [6.45, 7) is 4.60. The summed E-state index contributed by atoms with van der Waals surface area (Å²) in [4.78, 5) is 14.2.